The Morgan fingerprint density at radius 3 is 2.80 bits per heavy atom. The fourth-order valence-corrected chi connectivity index (χ4v) is 3.18. The van der Waals surface area contributed by atoms with Gasteiger partial charge in [-0.1, -0.05) is 17.7 Å². The van der Waals surface area contributed by atoms with Crippen LogP contribution < -0.4 is 10.5 Å². The highest BCUT2D eigenvalue weighted by Crippen LogP contribution is 2.28. The van der Waals surface area contributed by atoms with Crippen molar-refractivity contribution in [3.8, 4) is 0 Å². The maximum Gasteiger partial charge on any atom is 0.264 e. The summed E-state index contributed by atoms with van der Waals surface area (Å²) in [6, 6.07) is 4.95. The van der Waals surface area contributed by atoms with Crippen molar-refractivity contribution in [1.82, 2.24) is 4.98 Å². The normalized spacial score (nSPS) is 11.3. The zero-order chi connectivity index (χ0) is 14.9. The van der Waals surface area contributed by atoms with E-state index in [0.717, 1.165) is 6.07 Å². The second kappa shape index (κ2) is 5.55. The molecule has 0 fully saturated rings. The number of anilines is 2. The molecule has 0 aliphatic carbocycles. The Bertz CT molecular complexity index is 770. The van der Waals surface area contributed by atoms with E-state index in [0.29, 0.717) is 4.47 Å². The van der Waals surface area contributed by atoms with Gasteiger partial charge in [0.15, 0.2) is 5.15 Å². The summed E-state index contributed by atoms with van der Waals surface area (Å²) in [5.41, 5.74) is 5.04. The zero-order valence-corrected chi connectivity index (χ0v) is 12.9. The molecular formula is C11H8BrClFN3O2S. The Kier molecular flexibility index (Phi) is 4.17. The van der Waals surface area contributed by atoms with Crippen LogP contribution >= 0.6 is 27.5 Å². The fraction of sp³-hybridized carbons (Fsp3) is 0. The number of para-hydroxylation sites is 1. The van der Waals surface area contributed by atoms with Crippen molar-refractivity contribution >= 4 is 48.9 Å². The summed E-state index contributed by atoms with van der Waals surface area (Å²) in [7, 11) is -4.07. The lowest BCUT2D eigenvalue weighted by atomic mass is 10.3. The summed E-state index contributed by atoms with van der Waals surface area (Å²) < 4.78 is 40.4. The van der Waals surface area contributed by atoms with Gasteiger partial charge in [-0.3, -0.25) is 4.72 Å². The molecule has 2 rings (SSSR count). The first kappa shape index (κ1) is 15.0. The minimum absolute atomic E-state index is 0.0354. The Morgan fingerprint density at radius 2 is 2.10 bits per heavy atom. The second-order valence-corrected chi connectivity index (χ2v) is 6.67. The highest BCUT2D eigenvalue weighted by atomic mass is 79.9. The molecule has 20 heavy (non-hydrogen) atoms. The minimum atomic E-state index is -4.07. The summed E-state index contributed by atoms with van der Waals surface area (Å²) in [6.45, 7) is 0. The van der Waals surface area contributed by atoms with Gasteiger partial charge in [0.05, 0.1) is 11.4 Å². The number of sulfonamides is 1. The largest absolute Gasteiger partial charge is 0.395 e. The lowest BCUT2D eigenvalue weighted by molar-refractivity contribution is 0.597. The fourth-order valence-electron chi connectivity index (χ4n) is 1.45. The Morgan fingerprint density at radius 1 is 1.40 bits per heavy atom. The van der Waals surface area contributed by atoms with Crippen LogP contribution in [0.3, 0.4) is 0 Å². The predicted octanol–water partition coefficient (Wildman–Crippen LogP) is 3.02. The topological polar surface area (TPSA) is 85.1 Å². The lowest BCUT2D eigenvalue weighted by Gasteiger charge is -2.11. The molecule has 106 valence electrons. The van der Waals surface area contributed by atoms with Gasteiger partial charge in [-0.05, 0) is 34.1 Å². The number of hydrogen-bond donors (Lipinski definition) is 2. The molecule has 0 bridgehead atoms. The van der Waals surface area contributed by atoms with E-state index in [1.165, 1.54) is 24.4 Å². The first-order chi connectivity index (χ1) is 9.31. The van der Waals surface area contributed by atoms with Crippen molar-refractivity contribution in [2.75, 3.05) is 10.5 Å². The number of aromatic nitrogens is 1. The highest BCUT2D eigenvalue weighted by molar-refractivity contribution is 9.10. The van der Waals surface area contributed by atoms with Gasteiger partial charge < -0.3 is 5.73 Å². The van der Waals surface area contributed by atoms with Gasteiger partial charge in [0.1, 0.15) is 10.7 Å². The number of hydrogen-bond acceptors (Lipinski definition) is 4. The molecule has 0 spiro atoms. The molecule has 5 nitrogen and oxygen atoms in total. The van der Waals surface area contributed by atoms with E-state index < -0.39 is 21.5 Å². The van der Waals surface area contributed by atoms with Crippen LogP contribution in [0, 0.1) is 5.82 Å². The molecule has 0 unspecified atom stereocenters. The van der Waals surface area contributed by atoms with Crippen LogP contribution in [0.25, 0.3) is 0 Å². The standard InChI is InChI=1S/C11H8BrClFN3O2S/c12-6-4-8(11(13)16-5-6)17-20(18,19)9-3-1-2-7(14)10(9)15/h1-5,17H,15H2. The number of nitrogens with one attached hydrogen (secondary N) is 1. The first-order valence-corrected chi connectivity index (χ1v) is 7.84. The summed E-state index contributed by atoms with van der Waals surface area (Å²) in [5.74, 6) is -0.814. The van der Waals surface area contributed by atoms with Gasteiger partial charge in [0.2, 0.25) is 0 Å². The summed E-state index contributed by atoms with van der Waals surface area (Å²) >= 11 is 8.94. The molecule has 0 atom stereocenters. The van der Waals surface area contributed by atoms with Gasteiger partial charge in [-0.25, -0.2) is 17.8 Å². The van der Waals surface area contributed by atoms with Gasteiger partial charge in [0, 0.05) is 10.7 Å². The molecule has 0 saturated carbocycles. The molecule has 0 amide bonds. The van der Waals surface area contributed by atoms with Crippen molar-refractivity contribution in [2.45, 2.75) is 4.90 Å². The zero-order valence-electron chi connectivity index (χ0n) is 9.77. The molecule has 9 heteroatoms. The molecule has 0 radical (unpaired) electrons. The lowest BCUT2D eigenvalue weighted by Crippen LogP contribution is -2.16. The van der Waals surface area contributed by atoms with Crippen molar-refractivity contribution < 1.29 is 12.8 Å². The second-order valence-electron chi connectivity index (χ2n) is 3.75. The molecule has 1 aromatic carbocycles. The van der Waals surface area contributed by atoms with Crippen LogP contribution in [-0.2, 0) is 10.0 Å². The van der Waals surface area contributed by atoms with Crippen molar-refractivity contribution in [3.63, 3.8) is 0 Å². The third-order valence-corrected chi connectivity index (χ3v) is 4.51. The molecule has 3 N–H and O–H groups in total. The predicted molar refractivity (Wildman–Crippen MR) is 78.6 cm³/mol. The number of rotatable bonds is 3. The average Bonchev–Trinajstić information content (AvgIpc) is 2.36. The van der Waals surface area contributed by atoms with Crippen LogP contribution in [0.2, 0.25) is 5.15 Å². The molecular weight excluding hydrogens is 373 g/mol. The van der Waals surface area contributed by atoms with E-state index in [1.807, 2.05) is 0 Å². The number of pyridine rings is 1. The first-order valence-electron chi connectivity index (χ1n) is 5.19. The molecule has 2 aromatic rings. The van der Waals surface area contributed by atoms with Crippen LogP contribution in [-0.4, -0.2) is 13.4 Å². The van der Waals surface area contributed by atoms with Crippen molar-refractivity contribution in [3.05, 3.63) is 45.9 Å². The highest BCUT2D eigenvalue weighted by Gasteiger charge is 2.21. The van der Waals surface area contributed by atoms with Crippen LogP contribution in [0.1, 0.15) is 0 Å². The summed E-state index contributed by atoms with van der Waals surface area (Å²) in [6.07, 6.45) is 1.41. The Labute approximate surface area is 128 Å². The SMILES string of the molecule is Nc1c(F)cccc1S(=O)(=O)Nc1cc(Br)cnc1Cl. The number of nitrogens with two attached hydrogens (primary N) is 1. The van der Waals surface area contributed by atoms with Crippen LogP contribution in [0.4, 0.5) is 15.8 Å². The number of halogens is 3. The van der Waals surface area contributed by atoms with E-state index in [4.69, 9.17) is 17.3 Å². The Hall–Kier alpha value is -1.38. The minimum Gasteiger partial charge on any atom is -0.395 e. The van der Waals surface area contributed by atoms with E-state index in [-0.39, 0.29) is 15.7 Å². The van der Waals surface area contributed by atoms with Gasteiger partial charge in [-0.2, -0.15) is 0 Å². The average molecular weight is 381 g/mol. The van der Waals surface area contributed by atoms with Gasteiger partial charge in [-0.15, -0.1) is 0 Å². The smallest absolute Gasteiger partial charge is 0.264 e. The van der Waals surface area contributed by atoms with Crippen LogP contribution in [0.5, 0.6) is 0 Å². The molecule has 0 saturated heterocycles. The maximum atomic E-state index is 13.3. The summed E-state index contributed by atoms with van der Waals surface area (Å²) in [5, 5.41) is -0.0354. The quantitative estimate of drug-likeness (QED) is 0.633. The third kappa shape index (κ3) is 3.02. The van der Waals surface area contributed by atoms with E-state index in [2.05, 4.69) is 25.6 Å². The third-order valence-electron chi connectivity index (χ3n) is 2.35. The molecule has 0 aliphatic heterocycles. The van der Waals surface area contributed by atoms with Crippen molar-refractivity contribution in [2.24, 2.45) is 0 Å². The molecule has 1 aromatic heterocycles. The van der Waals surface area contributed by atoms with Gasteiger partial charge in [0.25, 0.3) is 10.0 Å². The maximum absolute atomic E-state index is 13.3. The van der Waals surface area contributed by atoms with E-state index in [9.17, 15) is 12.8 Å². The van der Waals surface area contributed by atoms with E-state index in [1.54, 1.807) is 0 Å². The van der Waals surface area contributed by atoms with Gasteiger partial charge >= 0.3 is 0 Å². The van der Waals surface area contributed by atoms with Crippen LogP contribution in [0.15, 0.2) is 39.8 Å². The Balaban J connectivity index is 2.46. The van der Waals surface area contributed by atoms with E-state index >= 15 is 0 Å². The number of nitrogens with zero attached hydrogens (tertiary/aromatic N) is 1. The van der Waals surface area contributed by atoms with Crippen molar-refractivity contribution in [1.29, 1.82) is 0 Å². The monoisotopic (exact) mass is 379 g/mol. The number of nitrogen functional groups attached to an aromatic ring is 1. The number of benzene rings is 1. The molecule has 0 aliphatic rings. The summed E-state index contributed by atoms with van der Waals surface area (Å²) in [4.78, 5) is 3.42. The molecule has 1 heterocycles.